The lowest BCUT2D eigenvalue weighted by Gasteiger charge is -2.33. The van der Waals surface area contributed by atoms with Crippen LogP contribution in [0, 0.1) is 25.2 Å². The Morgan fingerprint density at radius 2 is 1.85 bits per heavy atom. The third kappa shape index (κ3) is 5.36. The second-order valence-electron chi connectivity index (χ2n) is 12.0. The Balaban J connectivity index is 1.52. The van der Waals surface area contributed by atoms with Crippen LogP contribution in [0.4, 0.5) is 0 Å². The van der Waals surface area contributed by atoms with Crippen molar-refractivity contribution in [1.82, 2.24) is 24.5 Å². The maximum absolute atomic E-state index is 12.6. The van der Waals surface area contributed by atoms with E-state index in [0.29, 0.717) is 5.92 Å². The molecule has 1 N–H and O–H groups in total. The van der Waals surface area contributed by atoms with Crippen molar-refractivity contribution in [3.63, 3.8) is 0 Å². The molecular weight excluding hydrogens is 486 g/mol. The third-order valence-corrected chi connectivity index (χ3v) is 8.96. The van der Waals surface area contributed by atoms with Gasteiger partial charge in [-0.25, -0.2) is 9.67 Å². The van der Waals surface area contributed by atoms with Gasteiger partial charge in [0.2, 0.25) is 0 Å². The number of nitrogens with zero attached hydrogens (tertiary/aromatic N) is 5. The lowest BCUT2D eigenvalue weighted by atomic mass is 9.69. The second-order valence-corrected chi connectivity index (χ2v) is 12.0. The van der Waals surface area contributed by atoms with E-state index in [9.17, 15) is 9.90 Å². The van der Waals surface area contributed by atoms with Crippen molar-refractivity contribution in [2.75, 3.05) is 0 Å². The molecule has 1 atom stereocenters. The van der Waals surface area contributed by atoms with Gasteiger partial charge in [-0.15, -0.1) is 5.10 Å². The number of carboxylic acid groups (broad SMARTS) is 1. The Morgan fingerprint density at radius 1 is 1.10 bits per heavy atom. The minimum atomic E-state index is -1.03. The molecule has 1 saturated carbocycles. The molecule has 0 unspecified atom stereocenters. The Bertz CT molecular complexity index is 1470. The Labute approximate surface area is 231 Å². The van der Waals surface area contributed by atoms with Crippen LogP contribution in [0.1, 0.15) is 91.9 Å². The fourth-order valence-electron chi connectivity index (χ4n) is 6.40. The lowest BCUT2D eigenvalue weighted by molar-refractivity contribution is -0.147. The van der Waals surface area contributed by atoms with Crippen molar-refractivity contribution in [1.29, 1.82) is 0 Å². The van der Waals surface area contributed by atoms with Crippen LogP contribution < -0.4 is 0 Å². The standard InChI is InChI=1S/C32H41N5O2/c1-21-12-13-24(19-25(21)20-37-17-16-33-28(37)18-23-10-8-6-7-9-11-23)29(32(3,4)31(38)39)26-14-15-27-30(22(26)2)34-35-36(27)5/h12-17,19,23,29H,6-11,18,20H2,1-5H3,(H,38,39)/t29-/m1/s1. The zero-order valence-corrected chi connectivity index (χ0v) is 23.9. The number of rotatable bonds is 8. The predicted molar refractivity (Wildman–Crippen MR) is 154 cm³/mol. The number of hydrogen-bond donors (Lipinski definition) is 1. The minimum Gasteiger partial charge on any atom is -0.481 e. The summed E-state index contributed by atoms with van der Waals surface area (Å²) in [7, 11) is 1.87. The number of carboxylic acids is 1. The van der Waals surface area contributed by atoms with E-state index < -0.39 is 11.4 Å². The summed E-state index contributed by atoms with van der Waals surface area (Å²) in [6.45, 7) is 8.53. The van der Waals surface area contributed by atoms with Crippen molar-refractivity contribution >= 4 is 17.0 Å². The number of benzene rings is 2. The van der Waals surface area contributed by atoms with Gasteiger partial charge in [0.25, 0.3) is 0 Å². The van der Waals surface area contributed by atoms with Crippen LogP contribution in [0.5, 0.6) is 0 Å². The van der Waals surface area contributed by atoms with E-state index in [-0.39, 0.29) is 5.92 Å². The smallest absolute Gasteiger partial charge is 0.310 e. The summed E-state index contributed by atoms with van der Waals surface area (Å²) in [6.07, 6.45) is 13.0. The number of aromatic nitrogens is 5. The first-order valence-electron chi connectivity index (χ1n) is 14.3. The third-order valence-electron chi connectivity index (χ3n) is 8.96. The molecule has 2 aromatic carbocycles. The molecule has 2 heterocycles. The van der Waals surface area contributed by atoms with Gasteiger partial charge >= 0.3 is 5.97 Å². The SMILES string of the molecule is Cc1ccc([C@H](c2ccc3c(nnn3C)c2C)C(C)(C)C(=O)O)cc1Cn1ccnc1CC1CCCCCC1. The van der Waals surface area contributed by atoms with Gasteiger partial charge in [-0.2, -0.15) is 0 Å². The molecular formula is C32H41N5O2. The van der Waals surface area contributed by atoms with E-state index in [1.165, 1.54) is 49.7 Å². The molecule has 5 rings (SSSR count). The topological polar surface area (TPSA) is 85.8 Å². The van der Waals surface area contributed by atoms with Crippen molar-refractivity contribution in [2.24, 2.45) is 18.4 Å². The molecule has 0 radical (unpaired) electrons. The number of fused-ring (bicyclic) bond motifs is 1. The Kier molecular flexibility index (Phi) is 7.61. The molecule has 4 aromatic rings. The van der Waals surface area contributed by atoms with E-state index in [1.807, 2.05) is 40.1 Å². The first-order valence-corrected chi connectivity index (χ1v) is 14.3. The number of carbonyl (C=O) groups is 1. The van der Waals surface area contributed by atoms with E-state index in [4.69, 9.17) is 4.98 Å². The van der Waals surface area contributed by atoms with Crippen molar-refractivity contribution in [3.8, 4) is 0 Å². The van der Waals surface area contributed by atoms with E-state index >= 15 is 0 Å². The molecule has 206 valence electrons. The second kappa shape index (κ2) is 10.9. The Hall–Kier alpha value is -3.48. The maximum atomic E-state index is 12.6. The van der Waals surface area contributed by atoms with Crippen molar-refractivity contribution in [2.45, 2.75) is 85.1 Å². The summed E-state index contributed by atoms with van der Waals surface area (Å²) >= 11 is 0. The molecule has 0 bridgehead atoms. The van der Waals surface area contributed by atoms with E-state index in [1.54, 1.807) is 4.68 Å². The highest BCUT2D eigenvalue weighted by Crippen LogP contribution is 2.44. The molecule has 0 aliphatic heterocycles. The molecule has 7 nitrogen and oxygen atoms in total. The van der Waals surface area contributed by atoms with Crippen LogP contribution in [0.25, 0.3) is 11.0 Å². The average molecular weight is 528 g/mol. The fraction of sp³-hybridized carbons (Fsp3) is 0.500. The zero-order chi connectivity index (χ0) is 27.7. The highest BCUT2D eigenvalue weighted by Gasteiger charge is 2.40. The van der Waals surface area contributed by atoms with Crippen LogP contribution >= 0.6 is 0 Å². The lowest BCUT2D eigenvalue weighted by Crippen LogP contribution is -2.32. The molecule has 1 fully saturated rings. The first kappa shape index (κ1) is 27.1. The van der Waals surface area contributed by atoms with Crippen molar-refractivity contribution < 1.29 is 9.90 Å². The minimum absolute atomic E-state index is 0.353. The van der Waals surface area contributed by atoms with Crippen LogP contribution in [0.3, 0.4) is 0 Å². The Morgan fingerprint density at radius 3 is 2.56 bits per heavy atom. The molecule has 1 aliphatic rings. The van der Waals surface area contributed by atoms with Crippen LogP contribution in [0.2, 0.25) is 0 Å². The monoisotopic (exact) mass is 527 g/mol. The van der Waals surface area contributed by atoms with Gasteiger partial charge in [-0.3, -0.25) is 4.79 Å². The average Bonchev–Trinajstić information content (AvgIpc) is 3.40. The fourth-order valence-corrected chi connectivity index (χ4v) is 6.40. The molecule has 0 spiro atoms. The zero-order valence-electron chi connectivity index (χ0n) is 23.9. The summed E-state index contributed by atoms with van der Waals surface area (Å²) in [4.78, 5) is 17.4. The van der Waals surface area contributed by atoms with Gasteiger partial charge in [-0.1, -0.05) is 68.0 Å². The van der Waals surface area contributed by atoms with Gasteiger partial charge in [0.1, 0.15) is 11.3 Å². The quantitative estimate of drug-likeness (QED) is 0.261. The molecule has 39 heavy (non-hydrogen) atoms. The number of imidazole rings is 1. The number of aliphatic carboxylic acids is 1. The number of aryl methyl sites for hydroxylation is 3. The summed E-state index contributed by atoms with van der Waals surface area (Å²) in [5.41, 5.74) is 6.05. The summed E-state index contributed by atoms with van der Waals surface area (Å²) in [6, 6.07) is 10.5. The van der Waals surface area contributed by atoms with Crippen LogP contribution in [-0.2, 0) is 24.8 Å². The molecule has 7 heteroatoms. The van der Waals surface area contributed by atoms with E-state index in [2.05, 4.69) is 52.3 Å². The highest BCUT2D eigenvalue weighted by atomic mass is 16.4. The van der Waals surface area contributed by atoms with Gasteiger partial charge < -0.3 is 9.67 Å². The van der Waals surface area contributed by atoms with Gasteiger partial charge in [0.05, 0.1) is 10.9 Å². The van der Waals surface area contributed by atoms with Crippen LogP contribution in [0.15, 0.2) is 42.7 Å². The molecule has 0 saturated heterocycles. The molecule has 0 amide bonds. The molecule has 1 aliphatic carbocycles. The molecule has 2 aromatic heterocycles. The summed E-state index contributed by atoms with van der Waals surface area (Å²) < 4.78 is 4.04. The number of hydrogen-bond acceptors (Lipinski definition) is 4. The first-order chi connectivity index (χ1) is 18.7. The summed E-state index contributed by atoms with van der Waals surface area (Å²) in [5, 5.41) is 18.9. The van der Waals surface area contributed by atoms with Gasteiger partial charge in [0, 0.05) is 38.3 Å². The van der Waals surface area contributed by atoms with Crippen molar-refractivity contribution in [3.05, 3.63) is 76.4 Å². The largest absolute Gasteiger partial charge is 0.481 e. The summed E-state index contributed by atoms with van der Waals surface area (Å²) in [5.74, 6) is 0.682. The van der Waals surface area contributed by atoms with Gasteiger partial charge in [-0.05, 0) is 67.5 Å². The maximum Gasteiger partial charge on any atom is 0.310 e. The van der Waals surface area contributed by atoms with Crippen LogP contribution in [-0.4, -0.2) is 35.6 Å². The van der Waals surface area contributed by atoms with E-state index in [0.717, 1.165) is 46.5 Å². The van der Waals surface area contributed by atoms with Gasteiger partial charge in [0.15, 0.2) is 0 Å². The highest BCUT2D eigenvalue weighted by molar-refractivity contribution is 5.81. The normalized spacial score (nSPS) is 15.9. The predicted octanol–water partition coefficient (Wildman–Crippen LogP) is 6.59.